The highest BCUT2D eigenvalue weighted by atomic mass is 31.3. The van der Waals surface area contributed by atoms with E-state index in [-0.39, 0.29) is 18.7 Å². The first kappa shape index (κ1) is 34.4. The minimum Gasteiger partial charge on any atom is -0.368 e. The van der Waals surface area contributed by atoms with Crippen LogP contribution in [0.25, 0.3) is 11.2 Å². The van der Waals surface area contributed by atoms with E-state index in [4.69, 9.17) is 14.5 Å². The SMILES string of the molecule is C[C@H](Cn1cnc2c(NCCCC(=O)c3cccc(N4C(=O)C=CC4=O)c3)ncnc21)OCP(=O)(O)OP(=O)(O)OP(=O)(O)O. The zero-order valence-corrected chi connectivity index (χ0v) is 26.0. The molecule has 5 N–H and O–H groups in total. The Bertz CT molecular complexity index is 1770. The van der Waals surface area contributed by atoms with Gasteiger partial charge in [-0.2, -0.15) is 4.31 Å². The van der Waals surface area contributed by atoms with E-state index in [1.807, 2.05) is 0 Å². The molecule has 2 amide bonds. The molecule has 3 atom stereocenters. The van der Waals surface area contributed by atoms with Crippen molar-refractivity contribution in [1.29, 1.82) is 0 Å². The molecule has 22 heteroatoms. The third-order valence-electron chi connectivity index (χ3n) is 5.93. The molecule has 1 aliphatic rings. The van der Waals surface area contributed by atoms with Crippen LogP contribution in [0.15, 0.2) is 49.1 Å². The lowest BCUT2D eigenvalue weighted by Gasteiger charge is -2.19. The van der Waals surface area contributed by atoms with Gasteiger partial charge < -0.3 is 34.2 Å². The van der Waals surface area contributed by atoms with Gasteiger partial charge in [0.1, 0.15) is 18.2 Å². The van der Waals surface area contributed by atoms with Crippen LogP contribution in [-0.2, 0) is 43.2 Å². The molecule has 242 valence electrons. The number of benzene rings is 1. The number of ketones is 1. The molecule has 0 bridgehead atoms. The number of carbonyl (C=O) groups excluding carboxylic acids is 3. The molecule has 2 unspecified atom stereocenters. The average molecular weight is 688 g/mol. The molecule has 19 nitrogen and oxygen atoms in total. The van der Waals surface area contributed by atoms with E-state index < -0.39 is 47.5 Å². The number of Topliss-reactive ketones (excluding diaryl/α,β-unsaturated/α-hetero) is 1. The van der Waals surface area contributed by atoms with E-state index in [1.165, 1.54) is 25.6 Å². The lowest BCUT2D eigenvalue weighted by molar-refractivity contribution is -0.120. The van der Waals surface area contributed by atoms with E-state index in [1.54, 1.807) is 22.8 Å². The lowest BCUT2D eigenvalue weighted by Crippen LogP contribution is -2.29. The summed E-state index contributed by atoms with van der Waals surface area (Å²) in [6.07, 6.45) is 3.67. The van der Waals surface area contributed by atoms with Gasteiger partial charge in [-0.3, -0.25) is 18.9 Å². The number of ether oxygens (including phenoxy) is 1. The van der Waals surface area contributed by atoms with Crippen molar-refractivity contribution in [2.45, 2.75) is 32.4 Å². The summed E-state index contributed by atoms with van der Waals surface area (Å²) in [5.41, 5.74) is 1.41. The number of hydrogen-bond donors (Lipinski definition) is 5. The number of anilines is 2. The van der Waals surface area contributed by atoms with Crippen molar-refractivity contribution in [2.24, 2.45) is 0 Å². The minimum atomic E-state index is -5.57. The molecule has 45 heavy (non-hydrogen) atoms. The number of imide groups is 1. The van der Waals surface area contributed by atoms with E-state index >= 15 is 0 Å². The normalized spacial score (nSPS) is 17.0. The van der Waals surface area contributed by atoms with Crippen molar-refractivity contribution in [1.82, 2.24) is 19.5 Å². The van der Waals surface area contributed by atoms with E-state index in [0.717, 1.165) is 17.1 Å². The van der Waals surface area contributed by atoms with Gasteiger partial charge in [0.25, 0.3) is 11.8 Å². The highest BCUT2D eigenvalue weighted by Crippen LogP contribution is 2.65. The number of nitrogens with one attached hydrogen (secondary N) is 1. The van der Waals surface area contributed by atoms with Crippen molar-refractivity contribution in [3.8, 4) is 0 Å². The van der Waals surface area contributed by atoms with Crippen molar-refractivity contribution >= 4 is 63.5 Å². The van der Waals surface area contributed by atoms with Gasteiger partial charge in [0.05, 0.1) is 24.7 Å². The Morgan fingerprint density at radius 1 is 1.02 bits per heavy atom. The maximum atomic E-state index is 12.8. The summed E-state index contributed by atoms with van der Waals surface area (Å²) in [4.78, 5) is 86.5. The molecular formula is C23H27N6O13P3. The number of phosphoric acid groups is 2. The number of hydrogen-bond acceptors (Lipinski definition) is 13. The third-order valence-corrected chi connectivity index (χ3v) is 9.92. The Kier molecular flexibility index (Phi) is 10.6. The van der Waals surface area contributed by atoms with Crippen LogP contribution in [0.4, 0.5) is 11.5 Å². The Hall–Kier alpha value is -3.47. The lowest BCUT2D eigenvalue weighted by atomic mass is 10.1. The van der Waals surface area contributed by atoms with Gasteiger partial charge in [0.2, 0.25) is 0 Å². The van der Waals surface area contributed by atoms with E-state index in [9.17, 15) is 37.9 Å². The van der Waals surface area contributed by atoms with E-state index in [0.29, 0.717) is 41.2 Å². The quantitative estimate of drug-likeness (QED) is 0.0624. The number of nitrogens with zero attached hydrogens (tertiary/aromatic N) is 5. The second kappa shape index (κ2) is 13.9. The molecule has 0 fully saturated rings. The number of aromatic nitrogens is 4. The van der Waals surface area contributed by atoms with Crippen molar-refractivity contribution in [2.75, 3.05) is 23.1 Å². The fourth-order valence-corrected chi connectivity index (χ4v) is 7.49. The van der Waals surface area contributed by atoms with Gasteiger partial charge in [0.15, 0.2) is 17.2 Å². The van der Waals surface area contributed by atoms with Gasteiger partial charge in [-0.25, -0.2) is 33.3 Å². The molecule has 0 radical (unpaired) electrons. The van der Waals surface area contributed by atoms with Gasteiger partial charge in [-0.1, -0.05) is 12.1 Å². The largest absolute Gasteiger partial charge is 0.488 e. The summed E-state index contributed by atoms with van der Waals surface area (Å²) in [6, 6.07) is 6.24. The van der Waals surface area contributed by atoms with Gasteiger partial charge in [-0.05, 0) is 25.5 Å². The van der Waals surface area contributed by atoms with Crippen molar-refractivity contribution in [3.05, 3.63) is 54.6 Å². The van der Waals surface area contributed by atoms with Crippen molar-refractivity contribution in [3.63, 3.8) is 0 Å². The molecule has 3 aromatic rings. The first-order valence-corrected chi connectivity index (χ1v) is 17.7. The van der Waals surface area contributed by atoms with Gasteiger partial charge in [-0.15, -0.1) is 0 Å². The van der Waals surface area contributed by atoms with E-state index in [2.05, 4.69) is 28.9 Å². The van der Waals surface area contributed by atoms with Crippen LogP contribution in [0.1, 0.15) is 30.1 Å². The monoisotopic (exact) mass is 688 g/mol. The van der Waals surface area contributed by atoms with Gasteiger partial charge >= 0.3 is 23.2 Å². The fourth-order valence-electron chi connectivity index (χ4n) is 4.10. The molecule has 0 saturated carbocycles. The van der Waals surface area contributed by atoms with Crippen LogP contribution in [0, 0.1) is 0 Å². The minimum absolute atomic E-state index is 0.0426. The molecule has 3 heterocycles. The predicted molar refractivity (Wildman–Crippen MR) is 155 cm³/mol. The zero-order chi connectivity index (χ0) is 33.0. The number of rotatable bonds is 16. The number of fused-ring (bicyclic) bond motifs is 1. The first-order valence-electron chi connectivity index (χ1n) is 12.9. The topological polar surface area (TPSA) is 270 Å². The second-order valence-electron chi connectivity index (χ2n) is 9.51. The Labute approximate surface area is 254 Å². The summed E-state index contributed by atoms with van der Waals surface area (Å²) in [7, 11) is -16.0. The standard InChI is InChI=1S/C23H27N6O13P3/c1-15(40-14-43(33,34)41-45(38,39)42-44(35,36)37)11-28-13-27-21-22(25-12-26-23(21)28)24-9-3-6-18(30)16-4-2-5-17(10-16)29-19(31)7-8-20(29)32/h2,4-5,7-8,10,12-13,15H,3,6,9,11,14H2,1H3,(H,33,34)(H,38,39)(H,24,25,26)(H2,35,36,37)/t15-/m1/s1. The van der Waals surface area contributed by atoms with Crippen LogP contribution in [0.5, 0.6) is 0 Å². The molecule has 0 spiro atoms. The van der Waals surface area contributed by atoms with Crippen LogP contribution >= 0.6 is 23.2 Å². The highest BCUT2D eigenvalue weighted by Gasteiger charge is 2.40. The Morgan fingerprint density at radius 3 is 2.42 bits per heavy atom. The number of amides is 2. The van der Waals surface area contributed by atoms with Crippen LogP contribution in [0.2, 0.25) is 0 Å². The average Bonchev–Trinajstić information content (AvgIpc) is 3.50. The molecule has 2 aromatic heterocycles. The number of carbonyl (C=O) groups is 3. The molecule has 1 aliphatic heterocycles. The predicted octanol–water partition coefficient (Wildman–Crippen LogP) is 2.11. The summed E-state index contributed by atoms with van der Waals surface area (Å²) in [5, 5.41) is 3.09. The van der Waals surface area contributed by atoms with Crippen LogP contribution < -0.4 is 10.2 Å². The molecular weight excluding hydrogens is 661 g/mol. The molecule has 1 aromatic carbocycles. The zero-order valence-electron chi connectivity index (χ0n) is 23.3. The van der Waals surface area contributed by atoms with Crippen molar-refractivity contribution < 1.29 is 61.0 Å². The van der Waals surface area contributed by atoms with Crippen LogP contribution in [0.3, 0.4) is 0 Å². The summed E-state index contributed by atoms with van der Waals surface area (Å²) < 4.78 is 48.6. The smallest absolute Gasteiger partial charge is 0.368 e. The summed E-state index contributed by atoms with van der Waals surface area (Å²) in [5.74, 6) is -0.781. The molecule has 0 aliphatic carbocycles. The maximum absolute atomic E-state index is 12.8. The van der Waals surface area contributed by atoms with Crippen LogP contribution in [-0.4, -0.2) is 75.7 Å². The second-order valence-corrected chi connectivity index (χ2v) is 14.3. The molecule has 0 saturated heterocycles. The fraction of sp³-hybridized carbons (Fsp3) is 0.304. The summed E-state index contributed by atoms with van der Waals surface area (Å²) >= 11 is 0. The third kappa shape index (κ3) is 9.51. The summed E-state index contributed by atoms with van der Waals surface area (Å²) in [6.45, 7) is 1.88. The Morgan fingerprint density at radius 2 is 1.73 bits per heavy atom. The highest BCUT2D eigenvalue weighted by molar-refractivity contribution is 7.68. The first-order chi connectivity index (χ1) is 21.0. The molecule has 4 rings (SSSR count). The van der Waals surface area contributed by atoms with Gasteiger partial charge in [0, 0.05) is 30.7 Å². The Balaban J connectivity index is 1.29. The maximum Gasteiger partial charge on any atom is 0.488 e. The number of imidazole rings is 1.